The summed E-state index contributed by atoms with van der Waals surface area (Å²) in [5.74, 6) is 0.873. The van der Waals surface area contributed by atoms with Crippen molar-refractivity contribution >= 4 is 6.03 Å². The fourth-order valence-corrected chi connectivity index (χ4v) is 2.35. The highest BCUT2D eigenvalue weighted by atomic mass is 16.5. The van der Waals surface area contributed by atoms with Gasteiger partial charge in [-0.1, -0.05) is 0 Å². The van der Waals surface area contributed by atoms with E-state index < -0.39 is 0 Å². The number of hydrogen-bond donors (Lipinski definition) is 1. The van der Waals surface area contributed by atoms with Gasteiger partial charge in [-0.05, 0) is 19.1 Å². The molecule has 2 atom stereocenters. The van der Waals surface area contributed by atoms with Crippen LogP contribution in [0.1, 0.15) is 12.7 Å². The van der Waals surface area contributed by atoms with Crippen LogP contribution in [0.15, 0.2) is 22.8 Å². The lowest BCUT2D eigenvalue weighted by atomic mass is 10.2. The first kappa shape index (κ1) is 14.9. The molecule has 2 rings (SSSR count). The summed E-state index contributed by atoms with van der Waals surface area (Å²) in [5, 5.41) is 2.90. The molecule has 0 radical (unpaired) electrons. The molecule has 2 unspecified atom stereocenters. The van der Waals surface area contributed by atoms with E-state index in [1.807, 2.05) is 19.1 Å². The number of urea groups is 1. The molecule has 112 valence electrons. The van der Waals surface area contributed by atoms with Crippen LogP contribution in [0.5, 0.6) is 0 Å². The molecule has 1 aliphatic rings. The van der Waals surface area contributed by atoms with Crippen molar-refractivity contribution in [2.75, 3.05) is 33.4 Å². The molecule has 2 heterocycles. The Balaban J connectivity index is 1.75. The number of amides is 2. The quantitative estimate of drug-likeness (QED) is 0.883. The third kappa shape index (κ3) is 4.25. The van der Waals surface area contributed by atoms with E-state index in [-0.39, 0.29) is 18.2 Å². The van der Waals surface area contributed by atoms with Gasteiger partial charge < -0.3 is 24.1 Å². The van der Waals surface area contributed by atoms with E-state index in [1.165, 1.54) is 0 Å². The lowest BCUT2D eigenvalue weighted by molar-refractivity contribution is -0.0896. The van der Waals surface area contributed by atoms with Gasteiger partial charge in [-0.3, -0.25) is 0 Å². The molecule has 1 N–H and O–H groups in total. The van der Waals surface area contributed by atoms with Crippen molar-refractivity contribution in [3.8, 4) is 0 Å². The second-order valence-corrected chi connectivity index (χ2v) is 4.99. The normalized spacial score (nSPS) is 22.8. The van der Waals surface area contributed by atoms with Crippen LogP contribution in [0.3, 0.4) is 0 Å². The van der Waals surface area contributed by atoms with Crippen molar-refractivity contribution in [3.05, 3.63) is 24.2 Å². The predicted molar refractivity (Wildman–Crippen MR) is 73.6 cm³/mol. The van der Waals surface area contributed by atoms with Gasteiger partial charge in [0, 0.05) is 26.6 Å². The van der Waals surface area contributed by atoms with Gasteiger partial charge >= 0.3 is 6.03 Å². The number of nitrogens with one attached hydrogen (secondary N) is 1. The molecule has 1 aromatic rings. The van der Waals surface area contributed by atoms with E-state index in [2.05, 4.69) is 5.32 Å². The van der Waals surface area contributed by atoms with Crippen LogP contribution in [-0.4, -0.2) is 56.5 Å². The third-order valence-corrected chi connectivity index (χ3v) is 3.19. The van der Waals surface area contributed by atoms with E-state index in [0.29, 0.717) is 32.7 Å². The van der Waals surface area contributed by atoms with E-state index >= 15 is 0 Å². The minimum Gasteiger partial charge on any atom is -0.469 e. The largest absolute Gasteiger partial charge is 0.469 e. The molecular weight excluding hydrogens is 260 g/mol. The zero-order valence-electron chi connectivity index (χ0n) is 12.0. The zero-order chi connectivity index (χ0) is 14.4. The summed E-state index contributed by atoms with van der Waals surface area (Å²) < 4.78 is 16.0. The Hall–Kier alpha value is -1.53. The summed E-state index contributed by atoms with van der Waals surface area (Å²) in [7, 11) is 1.64. The molecule has 0 spiro atoms. The maximum Gasteiger partial charge on any atom is 0.317 e. The third-order valence-electron chi connectivity index (χ3n) is 3.19. The van der Waals surface area contributed by atoms with Crippen molar-refractivity contribution in [1.82, 2.24) is 10.2 Å². The van der Waals surface area contributed by atoms with Crippen LogP contribution in [-0.2, 0) is 15.9 Å². The van der Waals surface area contributed by atoms with Crippen LogP contribution in [0.2, 0.25) is 0 Å². The molecule has 6 heteroatoms. The number of rotatable bonds is 5. The summed E-state index contributed by atoms with van der Waals surface area (Å²) in [4.78, 5) is 13.9. The van der Waals surface area contributed by atoms with Crippen LogP contribution >= 0.6 is 0 Å². The summed E-state index contributed by atoms with van der Waals surface area (Å²) >= 11 is 0. The lowest BCUT2D eigenvalue weighted by Crippen LogP contribution is -2.53. The van der Waals surface area contributed by atoms with E-state index in [4.69, 9.17) is 13.9 Å². The minimum atomic E-state index is -0.0622. The molecule has 2 amide bonds. The number of furan rings is 1. The van der Waals surface area contributed by atoms with E-state index in [9.17, 15) is 4.79 Å². The highest BCUT2D eigenvalue weighted by Crippen LogP contribution is 2.11. The van der Waals surface area contributed by atoms with E-state index in [1.54, 1.807) is 18.3 Å². The van der Waals surface area contributed by atoms with Gasteiger partial charge in [0.05, 0.1) is 31.6 Å². The number of carbonyl (C=O) groups is 1. The van der Waals surface area contributed by atoms with Crippen LogP contribution in [0.4, 0.5) is 4.79 Å². The maximum atomic E-state index is 12.1. The first-order valence-corrected chi connectivity index (χ1v) is 6.88. The fourth-order valence-electron chi connectivity index (χ4n) is 2.35. The number of ether oxygens (including phenoxy) is 2. The van der Waals surface area contributed by atoms with Crippen LogP contribution in [0, 0.1) is 0 Å². The number of carbonyl (C=O) groups excluding carboxylic acids is 1. The van der Waals surface area contributed by atoms with E-state index in [0.717, 1.165) is 5.76 Å². The predicted octanol–water partition coefficient (Wildman–Crippen LogP) is 1.27. The second kappa shape index (κ2) is 7.31. The first-order chi connectivity index (χ1) is 9.69. The average molecular weight is 282 g/mol. The van der Waals surface area contributed by atoms with Crippen LogP contribution < -0.4 is 5.32 Å². The maximum absolute atomic E-state index is 12.1. The Morgan fingerprint density at radius 3 is 3.10 bits per heavy atom. The summed E-state index contributed by atoms with van der Waals surface area (Å²) in [6.45, 7) is 4.19. The topological polar surface area (TPSA) is 63.9 Å². The molecule has 0 aromatic carbocycles. The standard InChI is InChI=1S/C14H22N2O4/c1-11-8-16(9-13(20-11)10-18-2)14(17)15-6-5-12-4-3-7-19-12/h3-4,7,11,13H,5-6,8-10H2,1-2H3,(H,15,17). The molecule has 1 aromatic heterocycles. The second-order valence-electron chi connectivity index (χ2n) is 4.99. The number of nitrogens with zero attached hydrogens (tertiary/aromatic N) is 1. The molecule has 0 bridgehead atoms. The Kier molecular flexibility index (Phi) is 5.43. The molecule has 1 saturated heterocycles. The Morgan fingerprint density at radius 2 is 2.40 bits per heavy atom. The summed E-state index contributed by atoms with van der Waals surface area (Å²) in [6, 6.07) is 3.68. The van der Waals surface area contributed by atoms with Crippen molar-refractivity contribution in [2.24, 2.45) is 0 Å². The highest BCUT2D eigenvalue weighted by Gasteiger charge is 2.28. The van der Waals surface area contributed by atoms with Gasteiger partial charge in [-0.25, -0.2) is 4.79 Å². The SMILES string of the molecule is COCC1CN(C(=O)NCCc2ccco2)CC(C)O1. The lowest BCUT2D eigenvalue weighted by Gasteiger charge is -2.36. The highest BCUT2D eigenvalue weighted by molar-refractivity contribution is 5.74. The Bertz CT molecular complexity index is 407. The van der Waals surface area contributed by atoms with Crippen molar-refractivity contribution in [2.45, 2.75) is 25.6 Å². The van der Waals surface area contributed by atoms with Gasteiger partial charge in [-0.15, -0.1) is 0 Å². The van der Waals surface area contributed by atoms with Crippen molar-refractivity contribution in [3.63, 3.8) is 0 Å². The molecule has 1 aliphatic heterocycles. The summed E-state index contributed by atoms with van der Waals surface area (Å²) in [5.41, 5.74) is 0. The van der Waals surface area contributed by atoms with Gasteiger partial charge in [0.25, 0.3) is 0 Å². The van der Waals surface area contributed by atoms with Gasteiger partial charge in [0.1, 0.15) is 5.76 Å². The molecule has 6 nitrogen and oxygen atoms in total. The summed E-state index contributed by atoms with van der Waals surface area (Å²) in [6.07, 6.45) is 2.30. The smallest absolute Gasteiger partial charge is 0.317 e. The number of methoxy groups -OCH3 is 1. The molecule has 1 fully saturated rings. The van der Waals surface area contributed by atoms with Gasteiger partial charge in [0.15, 0.2) is 0 Å². The minimum absolute atomic E-state index is 0.0275. The monoisotopic (exact) mass is 282 g/mol. The zero-order valence-corrected chi connectivity index (χ0v) is 12.0. The van der Waals surface area contributed by atoms with Crippen molar-refractivity contribution in [1.29, 1.82) is 0 Å². The molecule has 0 saturated carbocycles. The average Bonchev–Trinajstić information content (AvgIpc) is 2.91. The molecular formula is C14H22N2O4. The Labute approximate surface area is 119 Å². The molecule has 0 aliphatic carbocycles. The van der Waals surface area contributed by atoms with Gasteiger partial charge in [-0.2, -0.15) is 0 Å². The van der Waals surface area contributed by atoms with Gasteiger partial charge in [0.2, 0.25) is 0 Å². The van der Waals surface area contributed by atoms with Crippen LogP contribution in [0.25, 0.3) is 0 Å². The molecule has 20 heavy (non-hydrogen) atoms. The number of hydrogen-bond acceptors (Lipinski definition) is 4. The first-order valence-electron chi connectivity index (χ1n) is 6.88. The van der Waals surface area contributed by atoms with Crippen molar-refractivity contribution < 1.29 is 18.7 Å². The Morgan fingerprint density at radius 1 is 1.55 bits per heavy atom. The number of morpholine rings is 1. The fraction of sp³-hybridized carbons (Fsp3) is 0.643.